The molecule has 0 heterocycles. The number of ether oxygens (including phenoxy) is 11. The molecule has 528 valence electrons. The summed E-state index contributed by atoms with van der Waals surface area (Å²) in [6.45, 7) is 39.1. The van der Waals surface area contributed by atoms with Crippen molar-refractivity contribution < 1.29 is 120 Å². The number of aliphatic hydroxyl groups is 3. The van der Waals surface area contributed by atoms with Gasteiger partial charge >= 0.3 is 67.0 Å². The maximum absolute atomic E-state index is 10.2. The molecule has 0 saturated heterocycles. The minimum absolute atomic E-state index is 0.00239. The number of aliphatic hydroxyl groups excluding tert-OH is 3. The number of hydrogen-bond acceptors (Lipinski definition) is 25. The summed E-state index contributed by atoms with van der Waals surface area (Å²) in [7, 11) is 0. The first-order valence-corrected chi connectivity index (χ1v) is 25.8. The molecule has 0 aromatic heterocycles. The van der Waals surface area contributed by atoms with Crippen molar-refractivity contribution in [3.63, 3.8) is 0 Å². The normalized spacial score (nSPS) is 9.27. The summed E-state index contributed by atoms with van der Waals surface area (Å²) in [4.78, 5) is 111. The lowest BCUT2D eigenvalue weighted by molar-refractivity contribution is 0.153. The lowest BCUT2D eigenvalue weighted by atomic mass is 10.1. The second-order valence-electron chi connectivity index (χ2n) is 16.1. The van der Waals surface area contributed by atoms with Crippen LogP contribution in [-0.2, 0) is 52.1 Å². The highest BCUT2D eigenvalue weighted by molar-refractivity contribution is 5.68. The molecule has 0 aliphatic heterocycles. The van der Waals surface area contributed by atoms with Crippen molar-refractivity contribution in [1.82, 2.24) is 0 Å². The summed E-state index contributed by atoms with van der Waals surface area (Å²) in [6, 6.07) is 0. The topological polar surface area (TPSA) is 636 Å². The third-order valence-corrected chi connectivity index (χ3v) is 8.00. The quantitative estimate of drug-likeness (QED) is 0.0186. The van der Waals surface area contributed by atoms with Crippen LogP contribution in [0.3, 0.4) is 0 Å². The Kier molecular flexibility index (Phi) is 73.2. The Balaban J connectivity index is -0.000000151. The van der Waals surface area contributed by atoms with Gasteiger partial charge in [-0.1, -0.05) is 121 Å². The molecule has 36 nitrogen and oxygen atoms in total. The van der Waals surface area contributed by atoms with Gasteiger partial charge in [0.15, 0.2) is 0 Å². The van der Waals surface area contributed by atoms with Gasteiger partial charge in [-0.25, -0.2) is 52.7 Å². The van der Waals surface area contributed by atoms with Crippen LogP contribution in [0.1, 0.15) is 19.3 Å². The largest absolute Gasteiger partial charge is 0.450 e. The molecule has 0 unspecified atom stereocenters. The fraction of sp³-hybridized carbons (Fsp3) is 0.293. The van der Waals surface area contributed by atoms with Crippen LogP contribution in [0, 0.1) is 0 Å². The van der Waals surface area contributed by atoms with Crippen molar-refractivity contribution in [2.75, 3.05) is 92.5 Å². The van der Waals surface area contributed by atoms with Crippen LogP contribution in [0.2, 0.25) is 0 Å². The van der Waals surface area contributed by atoms with Crippen molar-refractivity contribution in [2.24, 2.45) is 63.1 Å². The Labute approximate surface area is 543 Å². The molecule has 25 N–H and O–H groups in total. The molecule has 0 aliphatic carbocycles. The van der Waals surface area contributed by atoms with Crippen LogP contribution in [0.5, 0.6) is 0 Å². The number of primary amides is 11. The molecule has 11 amide bonds. The standard InChI is InChI=1S/C8H12N2O4.C8H14N2O4.C8H12N2O4.3C7H11NO3.C7H11NO2.C6H9NO2/c1-5(3-13-7(9)11)6(2)4-14-8(10)12;2*1-6(5-14-8(10)12)3-2-4-13-7(9)11;1-5(3-9)6(2)4-11-7(8)10;1-6(5-9)3-2-4-11-7(8)10;1-6(3-2-4-9)5-11-7(8)10;1-2-3-4-5-6-10-7(8)9;1-3-5(2)4-9-6(7)8/h1-4H2,(H2,9,11)(H2,10,12);1-5H2,(H2,9,11)(H2,10,12);2-3H,1,4-5H2,(H2,9,11)(H2,10,12);9H,1-4H2,(H2,8,10);2*2-3,9H,1,4-5H2,(H2,8,10);2-4H,1,5-6H2,(H2,8,9);3H,1-2,4H2,(H2,7,8)/b;;;;;;4-3+;. The minimum Gasteiger partial charge on any atom is -0.450 e. The second-order valence-corrected chi connectivity index (χ2v) is 16.1. The molecule has 0 aromatic rings. The first-order valence-electron chi connectivity index (χ1n) is 25.8. The number of amides is 11. The van der Waals surface area contributed by atoms with Crippen LogP contribution in [0.25, 0.3) is 0 Å². The van der Waals surface area contributed by atoms with E-state index in [0.717, 1.165) is 0 Å². The van der Waals surface area contributed by atoms with E-state index in [2.05, 4.69) is 142 Å². The average Bonchev–Trinajstić information content (AvgIpc) is 3.48. The van der Waals surface area contributed by atoms with Crippen LogP contribution in [0.15, 0.2) is 183 Å². The predicted molar refractivity (Wildman–Crippen MR) is 345 cm³/mol. The van der Waals surface area contributed by atoms with E-state index in [-0.39, 0.29) is 85.9 Å². The van der Waals surface area contributed by atoms with Gasteiger partial charge in [-0.15, -0.1) is 0 Å². The summed E-state index contributed by atoms with van der Waals surface area (Å²) in [6.07, 6.45) is 8.63. The molecule has 0 bridgehead atoms. The zero-order valence-electron chi connectivity index (χ0n) is 52.2. The number of hydrogen-bond donors (Lipinski definition) is 14. The third-order valence-electron chi connectivity index (χ3n) is 8.00. The highest BCUT2D eigenvalue weighted by atomic mass is 16.6. The van der Waals surface area contributed by atoms with Gasteiger partial charge in [-0.2, -0.15) is 0 Å². The fourth-order valence-electron chi connectivity index (χ4n) is 3.66. The van der Waals surface area contributed by atoms with Gasteiger partial charge in [0.2, 0.25) is 0 Å². The van der Waals surface area contributed by atoms with Gasteiger partial charge in [-0.3, -0.25) is 0 Å². The Morgan fingerprint density at radius 3 is 0.957 bits per heavy atom. The fourth-order valence-corrected chi connectivity index (χ4v) is 3.66. The molecule has 0 radical (unpaired) electrons. The lowest BCUT2D eigenvalue weighted by Crippen LogP contribution is -2.18. The molecule has 0 atom stereocenters. The summed E-state index contributed by atoms with van der Waals surface area (Å²) in [5, 5.41) is 25.3. The van der Waals surface area contributed by atoms with E-state index in [1.165, 1.54) is 24.3 Å². The Morgan fingerprint density at radius 2 is 0.638 bits per heavy atom. The Bertz CT molecular complexity index is 2580. The number of rotatable bonds is 35. The zero-order chi connectivity index (χ0) is 74.4. The van der Waals surface area contributed by atoms with Crippen molar-refractivity contribution in [1.29, 1.82) is 0 Å². The molecular formula is C58H91N11O25. The number of carbonyl (C=O) groups is 11. The van der Waals surface area contributed by atoms with Crippen molar-refractivity contribution in [3.8, 4) is 0 Å². The Morgan fingerprint density at radius 1 is 0.330 bits per heavy atom. The molecule has 94 heavy (non-hydrogen) atoms. The van der Waals surface area contributed by atoms with Gasteiger partial charge in [-0.05, 0) is 81.6 Å². The average molecular weight is 1340 g/mol. The van der Waals surface area contributed by atoms with E-state index in [1.54, 1.807) is 30.4 Å². The first-order chi connectivity index (χ1) is 43.8. The SMILES string of the molecule is C=C(C=CCO)COC(N)=O.C=C(C=CCOC(N)=O)CO.C=C(C=CCOC(N)=O)COC(N)=O.C=C(CCCOC(N)=O)COC(N)=O.C=C(CO)C(=C)COC(N)=O.C=C(COC(N)=O)C(=C)COC(N)=O.C=C/C=C/CCOC(N)=O.C=CC(=C)COC(N)=O. The lowest BCUT2D eigenvalue weighted by Gasteiger charge is -2.08. The van der Waals surface area contributed by atoms with Crippen LogP contribution >= 0.6 is 0 Å². The summed E-state index contributed by atoms with van der Waals surface area (Å²) >= 11 is 0. The molecular weight excluding hydrogens is 1250 g/mol. The molecule has 0 fully saturated rings. The van der Waals surface area contributed by atoms with Gasteiger partial charge in [0.05, 0.1) is 33.0 Å². The summed E-state index contributed by atoms with van der Waals surface area (Å²) < 4.78 is 48.7. The molecule has 0 saturated carbocycles. The van der Waals surface area contributed by atoms with Gasteiger partial charge in [0.1, 0.15) is 59.5 Å². The zero-order valence-corrected chi connectivity index (χ0v) is 52.2. The highest BCUT2D eigenvalue weighted by Gasteiger charge is 2.06. The van der Waals surface area contributed by atoms with E-state index in [9.17, 15) is 52.7 Å². The van der Waals surface area contributed by atoms with Crippen LogP contribution < -0.4 is 63.1 Å². The van der Waals surface area contributed by atoms with Crippen LogP contribution in [-0.4, -0.2) is 175 Å². The molecule has 0 rings (SSSR count). The number of allylic oxidation sites excluding steroid dienone is 2. The molecule has 0 aromatic carbocycles. The van der Waals surface area contributed by atoms with Crippen LogP contribution in [0.4, 0.5) is 52.7 Å². The van der Waals surface area contributed by atoms with E-state index >= 15 is 0 Å². The maximum atomic E-state index is 10.2. The smallest absolute Gasteiger partial charge is 0.404 e. The monoisotopic (exact) mass is 1340 g/mol. The number of carbonyl (C=O) groups excluding carboxylic acids is 11. The van der Waals surface area contributed by atoms with Crippen molar-refractivity contribution >= 4 is 67.0 Å². The van der Waals surface area contributed by atoms with E-state index in [1.807, 2.05) is 6.08 Å². The predicted octanol–water partition coefficient (Wildman–Crippen LogP) is 3.69. The minimum atomic E-state index is -0.908. The van der Waals surface area contributed by atoms with Gasteiger partial charge in [0.25, 0.3) is 0 Å². The second kappa shape index (κ2) is 70.0. The third kappa shape index (κ3) is 105. The highest BCUT2D eigenvalue weighted by Crippen LogP contribution is 2.07. The van der Waals surface area contributed by atoms with E-state index < -0.39 is 67.0 Å². The molecule has 0 spiro atoms. The first kappa shape index (κ1) is 98.2. The van der Waals surface area contributed by atoms with E-state index in [0.29, 0.717) is 76.0 Å². The summed E-state index contributed by atoms with van der Waals surface area (Å²) in [5.74, 6) is 0. The van der Waals surface area contributed by atoms with E-state index in [4.69, 9.17) is 61.2 Å². The van der Waals surface area contributed by atoms with Gasteiger partial charge < -0.3 is 130 Å². The molecule has 0 aliphatic rings. The maximum Gasteiger partial charge on any atom is 0.404 e. The van der Waals surface area contributed by atoms with Crippen molar-refractivity contribution in [2.45, 2.75) is 19.3 Å². The Hall–Kier alpha value is -12.1. The summed E-state index contributed by atoms with van der Waals surface area (Å²) in [5.41, 5.74) is 56.5. The van der Waals surface area contributed by atoms with Gasteiger partial charge in [0, 0.05) is 0 Å². The van der Waals surface area contributed by atoms with Crippen molar-refractivity contribution in [3.05, 3.63) is 183 Å². The number of nitrogens with two attached hydrogens (primary N) is 11. The molecule has 36 heteroatoms.